The molecule has 0 aliphatic carbocycles. The Morgan fingerprint density at radius 1 is 1.21 bits per heavy atom. The zero-order valence-corrected chi connectivity index (χ0v) is 15.4. The number of aromatic hydroxyl groups is 1. The van der Waals surface area contributed by atoms with Gasteiger partial charge < -0.3 is 25.2 Å². The molecule has 1 heterocycles. The fraction of sp³-hybridized carbons (Fsp3) is 0.250. The van der Waals surface area contributed by atoms with Crippen molar-refractivity contribution in [1.82, 2.24) is 0 Å². The van der Waals surface area contributed by atoms with Crippen molar-refractivity contribution in [2.45, 2.75) is 13.3 Å². The van der Waals surface area contributed by atoms with Crippen LogP contribution in [0.5, 0.6) is 11.5 Å². The highest BCUT2D eigenvalue weighted by Gasteiger charge is 2.36. The summed E-state index contributed by atoms with van der Waals surface area (Å²) in [5.41, 5.74) is 1.56. The summed E-state index contributed by atoms with van der Waals surface area (Å²) in [5, 5.41) is 21.4. The van der Waals surface area contributed by atoms with E-state index in [-0.39, 0.29) is 35.9 Å². The molecule has 1 fully saturated rings. The third kappa shape index (κ3) is 3.75. The molecule has 0 spiro atoms. The van der Waals surface area contributed by atoms with E-state index in [9.17, 15) is 19.5 Å². The molecule has 2 aromatic carbocycles. The predicted octanol–water partition coefficient (Wildman–Crippen LogP) is 2.40. The average molecular weight is 384 g/mol. The standard InChI is InChI=1S/C20H20N2O6/c1-11-3-6-17(28-2)15(7-11)22-10-13(9-18(22)24)19(25)21-14-5-4-12(20(26)27)8-16(14)23/h3-8,13,23H,9-10H2,1-2H3,(H,21,25)(H,26,27). The molecule has 1 saturated heterocycles. The molecule has 2 amide bonds. The lowest BCUT2D eigenvalue weighted by Gasteiger charge is -2.20. The highest BCUT2D eigenvalue weighted by atomic mass is 16.5. The largest absolute Gasteiger partial charge is 0.506 e. The summed E-state index contributed by atoms with van der Waals surface area (Å²) >= 11 is 0. The summed E-state index contributed by atoms with van der Waals surface area (Å²) in [7, 11) is 1.52. The van der Waals surface area contributed by atoms with Gasteiger partial charge in [-0.3, -0.25) is 9.59 Å². The lowest BCUT2D eigenvalue weighted by molar-refractivity contribution is -0.122. The van der Waals surface area contributed by atoms with Gasteiger partial charge in [0.05, 0.1) is 30.0 Å². The summed E-state index contributed by atoms with van der Waals surface area (Å²) in [5.74, 6) is -2.24. The molecular formula is C20H20N2O6. The Morgan fingerprint density at radius 2 is 1.96 bits per heavy atom. The number of anilines is 2. The highest BCUT2D eigenvalue weighted by Crippen LogP contribution is 2.34. The van der Waals surface area contributed by atoms with E-state index in [2.05, 4.69) is 5.32 Å². The van der Waals surface area contributed by atoms with Crippen LogP contribution in [0.4, 0.5) is 11.4 Å². The number of amides is 2. The first-order valence-electron chi connectivity index (χ1n) is 8.62. The van der Waals surface area contributed by atoms with Crippen LogP contribution >= 0.6 is 0 Å². The number of carboxylic acid groups (broad SMARTS) is 1. The van der Waals surface area contributed by atoms with Crippen molar-refractivity contribution in [2.24, 2.45) is 5.92 Å². The van der Waals surface area contributed by atoms with Crippen LogP contribution in [0.3, 0.4) is 0 Å². The molecule has 1 atom stereocenters. The van der Waals surface area contributed by atoms with Crippen LogP contribution in [0.25, 0.3) is 0 Å². The maximum Gasteiger partial charge on any atom is 0.335 e. The molecule has 0 bridgehead atoms. The summed E-state index contributed by atoms with van der Waals surface area (Å²) in [4.78, 5) is 37.5. The topological polar surface area (TPSA) is 116 Å². The minimum absolute atomic E-state index is 0.0247. The molecule has 8 nitrogen and oxygen atoms in total. The molecular weight excluding hydrogens is 364 g/mol. The van der Waals surface area contributed by atoms with Crippen LogP contribution in [-0.4, -0.2) is 41.7 Å². The Bertz CT molecular complexity index is 956. The number of aryl methyl sites for hydroxylation is 1. The maximum atomic E-state index is 12.6. The van der Waals surface area contributed by atoms with Crippen molar-refractivity contribution in [1.29, 1.82) is 0 Å². The van der Waals surface area contributed by atoms with Crippen LogP contribution in [0.1, 0.15) is 22.3 Å². The molecule has 1 aliphatic heterocycles. The van der Waals surface area contributed by atoms with Crippen molar-refractivity contribution in [3.63, 3.8) is 0 Å². The summed E-state index contributed by atoms with van der Waals surface area (Å²) < 4.78 is 5.32. The van der Waals surface area contributed by atoms with Gasteiger partial charge >= 0.3 is 5.97 Å². The first-order valence-corrected chi connectivity index (χ1v) is 8.62. The molecule has 8 heteroatoms. The minimum Gasteiger partial charge on any atom is -0.506 e. The second-order valence-electron chi connectivity index (χ2n) is 6.61. The Kier molecular flexibility index (Phi) is 5.21. The number of phenolic OH excluding ortho intramolecular Hbond substituents is 1. The summed E-state index contributed by atoms with van der Waals surface area (Å²) in [6.45, 7) is 2.08. The van der Waals surface area contributed by atoms with Crippen molar-refractivity contribution in [3.8, 4) is 11.5 Å². The van der Waals surface area contributed by atoms with Gasteiger partial charge in [0.2, 0.25) is 11.8 Å². The number of nitrogens with zero attached hydrogens (tertiary/aromatic N) is 1. The third-order valence-electron chi connectivity index (χ3n) is 4.62. The number of carbonyl (C=O) groups excluding carboxylic acids is 2. The third-order valence-corrected chi connectivity index (χ3v) is 4.62. The Morgan fingerprint density at radius 3 is 2.61 bits per heavy atom. The fourth-order valence-corrected chi connectivity index (χ4v) is 3.13. The van der Waals surface area contributed by atoms with E-state index in [0.29, 0.717) is 11.4 Å². The minimum atomic E-state index is -1.18. The number of ether oxygens (including phenoxy) is 1. The molecule has 3 N–H and O–H groups in total. The second kappa shape index (κ2) is 7.59. The van der Waals surface area contributed by atoms with Gasteiger partial charge in [-0.05, 0) is 42.8 Å². The van der Waals surface area contributed by atoms with Crippen LogP contribution in [0.15, 0.2) is 36.4 Å². The Labute approximate surface area is 161 Å². The molecule has 0 saturated carbocycles. The number of methoxy groups -OCH3 is 1. The normalized spacial score (nSPS) is 16.1. The first-order chi connectivity index (χ1) is 13.3. The number of hydrogen-bond acceptors (Lipinski definition) is 5. The Hall–Kier alpha value is -3.55. The zero-order valence-electron chi connectivity index (χ0n) is 15.4. The van der Waals surface area contributed by atoms with Gasteiger partial charge in [0.15, 0.2) is 0 Å². The summed E-state index contributed by atoms with van der Waals surface area (Å²) in [6.07, 6.45) is 0.0247. The number of benzene rings is 2. The molecule has 28 heavy (non-hydrogen) atoms. The number of carboxylic acids is 1. The first kappa shape index (κ1) is 19.2. The quantitative estimate of drug-likeness (QED) is 0.682. The number of phenols is 1. The van der Waals surface area contributed by atoms with Crippen molar-refractivity contribution < 1.29 is 29.3 Å². The van der Waals surface area contributed by atoms with E-state index >= 15 is 0 Å². The number of carbonyl (C=O) groups is 3. The van der Waals surface area contributed by atoms with E-state index in [1.54, 1.807) is 6.07 Å². The van der Waals surface area contributed by atoms with Crippen LogP contribution in [0, 0.1) is 12.8 Å². The van der Waals surface area contributed by atoms with E-state index < -0.39 is 17.8 Å². The molecule has 0 radical (unpaired) electrons. The summed E-state index contributed by atoms with van der Waals surface area (Å²) in [6, 6.07) is 9.12. The average Bonchev–Trinajstić information content (AvgIpc) is 3.04. The van der Waals surface area contributed by atoms with Gasteiger partial charge in [0.25, 0.3) is 0 Å². The number of nitrogens with one attached hydrogen (secondary N) is 1. The van der Waals surface area contributed by atoms with Crippen molar-refractivity contribution in [2.75, 3.05) is 23.9 Å². The van der Waals surface area contributed by atoms with Crippen LogP contribution in [0.2, 0.25) is 0 Å². The van der Waals surface area contributed by atoms with Gasteiger partial charge in [0.1, 0.15) is 11.5 Å². The second-order valence-corrected chi connectivity index (χ2v) is 6.61. The molecule has 0 aromatic heterocycles. The van der Waals surface area contributed by atoms with Crippen LogP contribution in [-0.2, 0) is 9.59 Å². The van der Waals surface area contributed by atoms with Crippen molar-refractivity contribution >= 4 is 29.2 Å². The number of hydrogen-bond donors (Lipinski definition) is 3. The number of aromatic carboxylic acids is 1. The predicted molar refractivity (Wildman–Crippen MR) is 102 cm³/mol. The molecule has 1 unspecified atom stereocenters. The number of rotatable bonds is 5. The van der Waals surface area contributed by atoms with E-state index in [1.807, 2.05) is 19.1 Å². The SMILES string of the molecule is COc1ccc(C)cc1N1CC(C(=O)Nc2ccc(C(=O)O)cc2O)CC1=O. The lowest BCUT2D eigenvalue weighted by atomic mass is 10.1. The zero-order chi connectivity index (χ0) is 20.4. The van der Waals surface area contributed by atoms with Gasteiger partial charge in [-0.1, -0.05) is 6.07 Å². The molecule has 3 rings (SSSR count). The molecule has 2 aromatic rings. The van der Waals surface area contributed by atoms with Gasteiger partial charge in [0, 0.05) is 13.0 Å². The van der Waals surface area contributed by atoms with Gasteiger partial charge in [-0.25, -0.2) is 4.79 Å². The lowest BCUT2D eigenvalue weighted by Crippen LogP contribution is -2.28. The van der Waals surface area contributed by atoms with Gasteiger partial charge in [-0.2, -0.15) is 0 Å². The van der Waals surface area contributed by atoms with E-state index in [4.69, 9.17) is 9.84 Å². The van der Waals surface area contributed by atoms with E-state index in [1.165, 1.54) is 24.1 Å². The van der Waals surface area contributed by atoms with Crippen LogP contribution < -0.4 is 15.0 Å². The van der Waals surface area contributed by atoms with Crippen molar-refractivity contribution in [3.05, 3.63) is 47.5 Å². The Balaban J connectivity index is 1.76. The smallest absolute Gasteiger partial charge is 0.335 e. The molecule has 146 valence electrons. The monoisotopic (exact) mass is 384 g/mol. The van der Waals surface area contributed by atoms with E-state index in [0.717, 1.165) is 11.6 Å². The maximum absolute atomic E-state index is 12.6. The fourth-order valence-electron chi connectivity index (χ4n) is 3.13. The van der Waals surface area contributed by atoms with Gasteiger partial charge in [-0.15, -0.1) is 0 Å². The highest BCUT2D eigenvalue weighted by molar-refractivity contribution is 6.04. The molecule has 1 aliphatic rings.